The third kappa shape index (κ3) is 3.67. The molecule has 124 valence electrons. The average molecular weight is 359 g/mol. The molecule has 1 heterocycles. The second-order valence-electron chi connectivity index (χ2n) is 5.15. The Morgan fingerprint density at radius 3 is 2.48 bits per heavy atom. The van der Waals surface area contributed by atoms with Gasteiger partial charge < -0.3 is 5.32 Å². The second kappa shape index (κ2) is 6.25. The summed E-state index contributed by atoms with van der Waals surface area (Å²) < 4.78 is 23.9. The van der Waals surface area contributed by atoms with Crippen LogP contribution in [0.3, 0.4) is 0 Å². The molecule has 1 aromatic heterocycles. The minimum absolute atomic E-state index is 0.0178. The summed E-state index contributed by atoms with van der Waals surface area (Å²) in [5.41, 5.74) is 0.0191. The van der Waals surface area contributed by atoms with Crippen LogP contribution >= 0.6 is 11.6 Å². The van der Waals surface area contributed by atoms with Crippen molar-refractivity contribution in [1.82, 2.24) is 9.97 Å². The molecule has 1 N–H and O–H groups in total. The molecule has 1 unspecified atom stereocenters. The van der Waals surface area contributed by atoms with Crippen LogP contribution in [0.1, 0.15) is 20.3 Å². The van der Waals surface area contributed by atoms with Gasteiger partial charge in [-0.05, 0) is 19.4 Å². The van der Waals surface area contributed by atoms with Gasteiger partial charge in [-0.25, -0.2) is 18.4 Å². The van der Waals surface area contributed by atoms with Crippen LogP contribution in [0.25, 0.3) is 11.0 Å². The first-order chi connectivity index (χ1) is 10.6. The van der Waals surface area contributed by atoms with E-state index in [9.17, 15) is 18.5 Å². The maximum atomic E-state index is 12.0. The van der Waals surface area contributed by atoms with Crippen molar-refractivity contribution in [2.45, 2.75) is 31.3 Å². The molecule has 2 rings (SSSR count). The van der Waals surface area contributed by atoms with Gasteiger partial charge in [-0.2, -0.15) is 0 Å². The summed E-state index contributed by atoms with van der Waals surface area (Å²) in [6, 6.07) is 2.40. The van der Waals surface area contributed by atoms with E-state index in [1.807, 2.05) is 13.8 Å². The molecule has 0 bridgehead atoms. The molecule has 0 saturated carbocycles. The van der Waals surface area contributed by atoms with Crippen LogP contribution in [-0.2, 0) is 9.84 Å². The van der Waals surface area contributed by atoms with E-state index in [4.69, 9.17) is 11.6 Å². The molecule has 8 nitrogen and oxygen atoms in total. The van der Waals surface area contributed by atoms with E-state index >= 15 is 0 Å². The number of halogens is 1. The minimum atomic E-state index is -3.66. The van der Waals surface area contributed by atoms with E-state index in [-0.39, 0.29) is 38.6 Å². The Bertz CT molecular complexity index is 885. The molecule has 0 aliphatic carbocycles. The van der Waals surface area contributed by atoms with Crippen LogP contribution in [0.5, 0.6) is 0 Å². The first kappa shape index (κ1) is 17.4. The molecule has 10 heteroatoms. The van der Waals surface area contributed by atoms with Crippen molar-refractivity contribution < 1.29 is 13.3 Å². The zero-order valence-electron chi connectivity index (χ0n) is 12.7. The SMILES string of the molecule is CCC(C)Nc1nc2cc(Cl)c([N+](=O)[O-])cc2nc1S(C)(=O)=O. The Hall–Kier alpha value is -2.00. The molecule has 0 fully saturated rings. The molecular weight excluding hydrogens is 344 g/mol. The number of hydrogen-bond acceptors (Lipinski definition) is 7. The number of benzene rings is 1. The van der Waals surface area contributed by atoms with Gasteiger partial charge in [-0.1, -0.05) is 18.5 Å². The Labute approximate surface area is 138 Å². The first-order valence-electron chi connectivity index (χ1n) is 6.75. The Balaban J connectivity index is 2.75. The fraction of sp³-hybridized carbons (Fsp3) is 0.385. The molecule has 0 spiro atoms. The molecule has 0 saturated heterocycles. The highest BCUT2D eigenvalue weighted by atomic mass is 35.5. The number of fused-ring (bicyclic) bond motifs is 1. The van der Waals surface area contributed by atoms with Crippen LogP contribution in [0.15, 0.2) is 17.2 Å². The van der Waals surface area contributed by atoms with Crippen molar-refractivity contribution in [3.63, 3.8) is 0 Å². The summed E-state index contributed by atoms with van der Waals surface area (Å²) in [6.45, 7) is 3.81. The summed E-state index contributed by atoms with van der Waals surface area (Å²) in [5, 5.41) is 13.6. The van der Waals surface area contributed by atoms with Gasteiger partial charge >= 0.3 is 0 Å². The predicted octanol–water partition coefficient (Wildman–Crippen LogP) is 2.81. The molecule has 2 aromatic rings. The maximum absolute atomic E-state index is 12.0. The van der Waals surface area contributed by atoms with Crippen molar-refractivity contribution >= 4 is 44.0 Å². The number of sulfone groups is 1. The van der Waals surface area contributed by atoms with Crippen molar-refractivity contribution in [2.24, 2.45) is 0 Å². The molecule has 0 radical (unpaired) electrons. The number of nitro benzene ring substituents is 1. The van der Waals surface area contributed by atoms with Gasteiger partial charge in [0.2, 0.25) is 0 Å². The number of anilines is 1. The average Bonchev–Trinajstić information content (AvgIpc) is 2.44. The van der Waals surface area contributed by atoms with E-state index in [2.05, 4.69) is 15.3 Å². The molecule has 1 aromatic carbocycles. The number of hydrogen-bond donors (Lipinski definition) is 1. The number of nitrogens with one attached hydrogen (secondary N) is 1. The van der Waals surface area contributed by atoms with Crippen molar-refractivity contribution in [3.8, 4) is 0 Å². The van der Waals surface area contributed by atoms with E-state index in [0.717, 1.165) is 18.7 Å². The maximum Gasteiger partial charge on any atom is 0.290 e. The molecule has 0 amide bonds. The van der Waals surface area contributed by atoms with Gasteiger partial charge in [0.25, 0.3) is 5.69 Å². The normalized spacial score (nSPS) is 13.0. The van der Waals surface area contributed by atoms with E-state index in [0.29, 0.717) is 0 Å². The summed E-state index contributed by atoms with van der Waals surface area (Å²) in [4.78, 5) is 18.6. The molecule has 23 heavy (non-hydrogen) atoms. The quantitative estimate of drug-likeness (QED) is 0.645. The van der Waals surface area contributed by atoms with E-state index in [1.165, 1.54) is 6.07 Å². The van der Waals surface area contributed by atoms with Crippen LogP contribution < -0.4 is 5.32 Å². The van der Waals surface area contributed by atoms with Crippen molar-refractivity contribution in [1.29, 1.82) is 0 Å². The highest BCUT2D eigenvalue weighted by Crippen LogP contribution is 2.30. The van der Waals surface area contributed by atoms with Crippen LogP contribution in [0.2, 0.25) is 5.02 Å². The molecule has 0 aliphatic heterocycles. The third-order valence-corrected chi connectivity index (χ3v) is 4.53. The highest BCUT2D eigenvalue weighted by Gasteiger charge is 2.22. The van der Waals surface area contributed by atoms with Gasteiger partial charge in [-0.3, -0.25) is 10.1 Å². The van der Waals surface area contributed by atoms with Gasteiger partial charge in [0, 0.05) is 18.4 Å². The fourth-order valence-electron chi connectivity index (χ4n) is 1.88. The molecular formula is C13H15ClN4O4S. The van der Waals surface area contributed by atoms with Crippen LogP contribution in [0.4, 0.5) is 11.5 Å². The lowest BCUT2D eigenvalue weighted by Crippen LogP contribution is -2.18. The topological polar surface area (TPSA) is 115 Å². The van der Waals surface area contributed by atoms with Gasteiger partial charge in [0.05, 0.1) is 16.0 Å². The largest absolute Gasteiger partial charge is 0.365 e. The summed E-state index contributed by atoms with van der Waals surface area (Å²) in [6.07, 6.45) is 1.76. The lowest BCUT2D eigenvalue weighted by Gasteiger charge is -2.15. The number of nitrogens with zero attached hydrogens (tertiary/aromatic N) is 3. The lowest BCUT2D eigenvalue weighted by atomic mass is 10.2. The van der Waals surface area contributed by atoms with Crippen LogP contribution in [0, 0.1) is 10.1 Å². The Morgan fingerprint density at radius 2 is 1.96 bits per heavy atom. The number of rotatable bonds is 5. The van der Waals surface area contributed by atoms with Crippen molar-refractivity contribution in [3.05, 3.63) is 27.3 Å². The Kier molecular flexibility index (Phi) is 4.71. The smallest absolute Gasteiger partial charge is 0.290 e. The zero-order valence-corrected chi connectivity index (χ0v) is 14.3. The summed E-state index contributed by atoms with van der Waals surface area (Å²) >= 11 is 5.87. The standard InChI is InChI=1S/C13H15ClN4O4S/c1-4-7(2)15-12-13(23(3,21)22)17-10-6-11(18(19)20)8(14)5-9(10)16-12/h5-7H,4H2,1-3H3,(H,15,16). The van der Waals surface area contributed by atoms with Gasteiger partial charge in [0.15, 0.2) is 20.7 Å². The lowest BCUT2D eigenvalue weighted by molar-refractivity contribution is -0.384. The molecule has 1 atom stereocenters. The number of nitro groups is 1. The number of aromatic nitrogens is 2. The molecule has 0 aliphatic rings. The predicted molar refractivity (Wildman–Crippen MR) is 87.7 cm³/mol. The van der Waals surface area contributed by atoms with Crippen LogP contribution in [-0.4, -0.2) is 35.6 Å². The van der Waals surface area contributed by atoms with E-state index in [1.54, 1.807) is 0 Å². The summed E-state index contributed by atoms with van der Waals surface area (Å²) in [7, 11) is -3.66. The monoisotopic (exact) mass is 358 g/mol. The van der Waals surface area contributed by atoms with Gasteiger partial charge in [0.1, 0.15) is 5.02 Å². The zero-order chi connectivity index (χ0) is 17.4. The second-order valence-corrected chi connectivity index (χ2v) is 7.49. The van der Waals surface area contributed by atoms with Crippen molar-refractivity contribution in [2.75, 3.05) is 11.6 Å². The minimum Gasteiger partial charge on any atom is -0.365 e. The van der Waals surface area contributed by atoms with E-state index < -0.39 is 14.8 Å². The highest BCUT2D eigenvalue weighted by molar-refractivity contribution is 7.90. The first-order valence-corrected chi connectivity index (χ1v) is 9.02. The van der Waals surface area contributed by atoms with Gasteiger partial charge in [-0.15, -0.1) is 0 Å². The third-order valence-electron chi connectivity index (χ3n) is 3.24. The Morgan fingerprint density at radius 1 is 1.35 bits per heavy atom. The fourth-order valence-corrected chi connectivity index (χ4v) is 2.82. The summed E-state index contributed by atoms with van der Waals surface area (Å²) in [5.74, 6) is 0.110.